The minimum absolute atomic E-state index is 0.182. The van der Waals surface area contributed by atoms with Crippen LogP contribution in [0.1, 0.15) is 43.7 Å². The van der Waals surface area contributed by atoms with E-state index in [2.05, 4.69) is 24.1 Å². The van der Waals surface area contributed by atoms with Gasteiger partial charge in [0, 0.05) is 18.8 Å². The predicted molar refractivity (Wildman–Crippen MR) is 108 cm³/mol. The van der Waals surface area contributed by atoms with Crippen LogP contribution >= 0.6 is 11.6 Å². The van der Waals surface area contributed by atoms with Crippen LogP contribution in [0.2, 0.25) is 5.02 Å². The van der Waals surface area contributed by atoms with Crippen molar-refractivity contribution in [1.29, 1.82) is 0 Å². The zero-order valence-electron chi connectivity index (χ0n) is 15.9. The molecule has 146 valence electrons. The second kappa shape index (κ2) is 9.29. The van der Waals surface area contributed by atoms with Gasteiger partial charge in [-0.25, -0.2) is 0 Å². The molecule has 27 heavy (non-hydrogen) atoms. The molecule has 0 saturated carbocycles. The molecule has 0 aliphatic carbocycles. The first kappa shape index (κ1) is 19.8. The summed E-state index contributed by atoms with van der Waals surface area (Å²) in [6.45, 7) is 7.81. The maximum Gasteiger partial charge on any atom is 0.291 e. The molecular formula is C21H27ClN2O3. The van der Waals surface area contributed by atoms with Crippen LogP contribution in [0, 0.1) is 5.92 Å². The highest BCUT2D eigenvalue weighted by Gasteiger charge is 2.21. The van der Waals surface area contributed by atoms with Crippen LogP contribution in [0.3, 0.4) is 0 Å². The van der Waals surface area contributed by atoms with E-state index in [0.29, 0.717) is 16.5 Å². The van der Waals surface area contributed by atoms with Crippen LogP contribution in [0.25, 0.3) is 0 Å². The summed E-state index contributed by atoms with van der Waals surface area (Å²) in [5.41, 5.74) is 0.609. The van der Waals surface area contributed by atoms with Gasteiger partial charge in [0.15, 0.2) is 5.76 Å². The van der Waals surface area contributed by atoms with Gasteiger partial charge in [-0.15, -0.1) is 0 Å². The molecule has 0 spiro atoms. The van der Waals surface area contributed by atoms with Crippen LogP contribution in [0.5, 0.6) is 5.75 Å². The van der Waals surface area contributed by atoms with Crippen molar-refractivity contribution in [3.8, 4) is 5.75 Å². The number of halogens is 1. The first-order valence-corrected chi connectivity index (χ1v) is 9.92. The first-order valence-electron chi connectivity index (χ1n) is 9.54. The maximum absolute atomic E-state index is 12.0. The molecule has 3 rings (SSSR count). The summed E-state index contributed by atoms with van der Waals surface area (Å²) >= 11 is 6.36. The fourth-order valence-corrected chi connectivity index (χ4v) is 3.37. The molecule has 1 saturated heterocycles. The predicted octanol–water partition coefficient (Wildman–Crippen LogP) is 5.07. The molecule has 1 N–H and O–H groups in total. The fourth-order valence-electron chi connectivity index (χ4n) is 3.15. The Bertz CT molecular complexity index is 738. The molecule has 1 aliphatic rings. The fraction of sp³-hybridized carbons (Fsp3) is 0.476. The molecule has 2 aromatic rings. The second-order valence-electron chi connectivity index (χ2n) is 7.42. The lowest BCUT2D eigenvalue weighted by Gasteiger charge is -2.32. The van der Waals surface area contributed by atoms with E-state index in [-0.39, 0.29) is 17.8 Å². The van der Waals surface area contributed by atoms with Gasteiger partial charge in [-0.1, -0.05) is 25.4 Å². The average molecular weight is 391 g/mol. The number of hydrogen-bond donors (Lipinski definition) is 1. The summed E-state index contributed by atoms with van der Waals surface area (Å²) in [5, 5.41) is 3.26. The molecule has 1 fully saturated rings. The number of likely N-dealkylation sites (tertiary alicyclic amines) is 1. The van der Waals surface area contributed by atoms with E-state index in [4.69, 9.17) is 20.8 Å². The molecule has 1 amide bonds. The summed E-state index contributed by atoms with van der Waals surface area (Å²) in [7, 11) is 0. The van der Waals surface area contributed by atoms with Crippen LogP contribution in [-0.2, 0) is 0 Å². The second-order valence-corrected chi connectivity index (χ2v) is 7.83. The van der Waals surface area contributed by atoms with Crippen molar-refractivity contribution in [3.63, 3.8) is 0 Å². The van der Waals surface area contributed by atoms with Crippen molar-refractivity contribution in [2.24, 2.45) is 5.92 Å². The van der Waals surface area contributed by atoms with Gasteiger partial charge < -0.3 is 19.4 Å². The number of piperidine rings is 1. The molecule has 0 radical (unpaired) electrons. The lowest BCUT2D eigenvalue weighted by Crippen LogP contribution is -2.39. The number of carbonyl (C=O) groups is 1. The van der Waals surface area contributed by atoms with Gasteiger partial charge in [0.2, 0.25) is 0 Å². The van der Waals surface area contributed by atoms with Crippen LogP contribution < -0.4 is 10.1 Å². The lowest BCUT2D eigenvalue weighted by atomic mass is 10.1. The van der Waals surface area contributed by atoms with Gasteiger partial charge in [0.25, 0.3) is 5.91 Å². The Kier molecular flexibility index (Phi) is 6.80. The molecule has 1 aromatic carbocycles. The number of amides is 1. The zero-order chi connectivity index (χ0) is 19.2. The van der Waals surface area contributed by atoms with Gasteiger partial charge in [-0.2, -0.15) is 0 Å². The number of anilines is 1. The summed E-state index contributed by atoms with van der Waals surface area (Å²) in [6.07, 6.45) is 4.90. The van der Waals surface area contributed by atoms with E-state index in [1.54, 1.807) is 24.3 Å². The van der Waals surface area contributed by atoms with Crippen molar-refractivity contribution in [2.75, 3.05) is 25.0 Å². The van der Waals surface area contributed by atoms with Gasteiger partial charge >= 0.3 is 0 Å². The zero-order valence-corrected chi connectivity index (χ0v) is 16.7. The standard InChI is InChI=1S/C21H27ClN2O3/c1-15(2)7-10-24-11-8-17(9-12-24)27-19-6-5-16(14-18(19)22)23-21(25)20-4-3-13-26-20/h3-6,13-15,17H,7-12H2,1-2H3,(H,23,25). The molecule has 6 heteroatoms. The van der Waals surface area contributed by atoms with Crippen molar-refractivity contribution in [3.05, 3.63) is 47.4 Å². The third-order valence-electron chi connectivity index (χ3n) is 4.79. The van der Waals surface area contributed by atoms with Gasteiger partial charge in [-0.05, 0) is 62.1 Å². The van der Waals surface area contributed by atoms with E-state index in [0.717, 1.165) is 38.4 Å². The molecule has 2 heterocycles. The highest BCUT2D eigenvalue weighted by molar-refractivity contribution is 6.32. The topological polar surface area (TPSA) is 54.7 Å². The quantitative estimate of drug-likeness (QED) is 0.716. The van der Waals surface area contributed by atoms with Gasteiger partial charge in [0.1, 0.15) is 11.9 Å². The highest BCUT2D eigenvalue weighted by Crippen LogP contribution is 2.30. The maximum atomic E-state index is 12.0. The summed E-state index contributed by atoms with van der Waals surface area (Å²) in [5.74, 6) is 1.35. The van der Waals surface area contributed by atoms with E-state index in [9.17, 15) is 4.79 Å². The minimum Gasteiger partial charge on any atom is -0.489 e. The third kappa shape index (κ3) is 5.75. The van der Waals surface area contributed by atoms with E-state index < -0.39 is 0 Å². The number of rotatable bonds is 7. The molecule has 1 aromatic heterocycles. The van der Waals surface area contributed by atoms with Crippen LogP contribution in [-0.4, -0.2) is 36.5 Å². The number of benzene rings is 1. The van der Waals surface area contributed by atoms with E-state index in [1.807, 2.05) is 6.07 Å². The Labute approximate surface area is 165 Å². The van der Waals surface area contributed by atoms with Crippen molar-refractivity contribution < 1.29 is 13.9 Å². The number of hydrogen-bond acceptors (Lipinski definition) is 4. The summed E-state index contributed by atoms with van der Waals surface area (Å²) in [4.78, 5) is 14.5. The van der Waals surface area contributed by atoms with Gasteiger partial charge in [-0.3, -0.25) is 4.79 Å². The van der Waals surface area contributed by atoms with Crippen molar-refractivity contribution >= 4 is 23.2 Å². The first-order chi connectivity index (χ1) is 13.0. The summed E-state index contributed by atoms with van der Waals surface area (Å²) in [6, 6.07) is 8.59. The molecule has 5 nitrogen and oxygen atoms in total. The molecule has 0 unspecified atom stereocenters. The monoisotopic (exact) mass is 390 g/mol. The molecule has 1 aliphatic heterocycles. The smallest absolute Gasteiger partial charge is 0.291 e. The Hall–Kier alpha value is -1.98. The van der Waals surface area contributed by atoms with Crippen LogP contribution in [0.15, 0.2) is 41.0 Å². The third-order valence-corrected chi connectivity index (χ3v) is 5.08. The molecule has 0 atom stereocenters. The van der Waals surface area contributed by atoms with Crippen LogP contribution in [0.4, 0.5) is 5.69 Å². The minimum atomic E-state index is -0.307. The van der Waals surface area contributed by atoms with Crippen molar-refractivity contribution in [1.82, 2.24) is 4.90 Å². The Morgan fingerprint density at radius 2 is 2.11 bits per heavy atom. The summed E-state index contributed by atoms with van der Waals surface area (Å²) < 4.78 is 11.2. The molecule has 0 bridgehead atoms. The SMILES string of the molecule is CC(C)CCN1CCC(Oc2ccc(NC(=O)c3ccco3)cc2Cl)CC1. The van der Waals surface area contributed by atoms with E-state index in [1.165, 1.54) is 12.7 Å². The highest BCUT2D eigenvalue weighted by atomic mass is 35.5. The largest absolute Gasteiger partial charge is 0.489 e. The average Bonchev–Trinajstić information content (AvgIpc) is 3.18. The number of ether oxygens (including phenoxy) is 1. The molecular weight excluding hydrogens is 364 g/mol. The Morgan fingerprint density at radius 3 is 2.74 bits per heavy atom. The number of furan rings is 1. The van der Waals surface area contributed by atoms with Crippen molar-refractivity contribution in [2.45, 2.75) is 39.2 Å². The number of carbonyl (C=O) groups excluding carboxylic acids is 1. The Balaban J connectivity index is 1.50. The number of nitrogens with zero attached hydrogens (tertiary/aromatic N) is 1. The lowest BCUT2D eigenvalue weighted by molar-refractivity contribution is 0.0978. The number of nitrogens with one attached hydrogen (secondary N) is 1. The normalized spacial score (nSPS) is 15.9. The van der Waals surface area contributed by atoms with Gasteiger partial charge in [0.05, 0.1) is 11.3 Å². The Morgan fingerprint density at radius 1 is 1.33 bits per heavy atom. The van der Waals surface area contributed by atoms with E-state index >= 15 is 0 Å².